The van der Waals surface area contributed by atoms with Gasteiger partial charge in [-0.05, 0) is 24.1 Å². The molecule has 0 atom stereocenters. The molecule has 0 saturated carbocycles. The Morgan fingerprint density at radius 3 is 2.85 bits per heavy atom. The lowest BCUT2D eigenvalue weighted by atomic mass is 10.2. The van der Waals surface area contributed by atoms with E-state index in [2.05, 4.69) is 15.9 Å². The number of ether oxygens (including phenoxy) is 1. The molecule has 0 amide bonds. The highest BCUT2D eigenvalue weighted by Crippen LogP contribution is 2.17. The van der Waals surface area contributed by atoms with Crippen molar-refractivity contribution in [2.24, 2.45) is 0 Å². The first-order chi connectivity index (χ1) is 6.24. The van der Waals surface area contributed by atoms with Gasteiger partial charge in [-0.2, -0.15) is 0 Å². The molecule has 0 fully saturated rings. The second-order valence-electron chi connectivity index (χ2n) is 2.33. The second-order valence-corrected chi connectivity index (χ2v) is 3.93. The number of carbonyl (C=O) groups excluding carboxylic acids is 1. The summed E-state index contributed by atoms with van der Waals surface area (Å²) >= 11 is 4.44. The van der Waals surface area contributed by atoms with Crippen LogP contribution in [0.2, 0.25) is 0 Å². The van der Waals surface area contributed by atoms with E-state index in [-0.39, 0.29) is 5.30 Å². The summed E-state index contributed by atoms with van der Waals surface area (Å²) in [6.45, 7) is 0.321. The highest BCUT2D eigenvalue weighted by molar-refractivity contribution is 9.10. The van der Waals surface area contributed by atoms with Crippen LogP contribution in [0.1, 0.15) is 5.56 Å². The van der Waals surface area contributed by atoms with Crippen LogP contribution in [0.15, 0.2) is 28.7 Å². The number of thioether (sulfide) groups is 1. The lowest BCUT2D eigenvalue weighted by Crippen LogP contribution is -1.97. The zero-order chi connectivity index (χ0) is 9.68. The fourth-order valence-corrected chi connectivity index (χ4v) is 1.39. The summed E-state index contributed by atoms with van der Waals surface area (Å²) in [6, 6.07) is 7.66. The Bertz CT molecular complexity index is 301. The first-order valence-corrected chi connectivity index (χ1v) is 5.70. The van der Waals surface area contributed by atoms with Crippen molar-refractivity contribution >= 4 is 33.0 Å². The SMILES string of the molecule is CSC(=O)OCc1ccccc1Br. The Morgan fingerprint density at radius 2 is 2.23 bits per heavy atom. The molecule has 0 saturated heterocycles. The molecule has 1 rings (SSSR count). The van der Waals surface area contributed by atoms with Gasteiger partial charge in [0, 0.05) is 10.0 Å². The average Bonchev–Trinajstić information content (AvgIpc) is 2.16. The van der Waals surface area contributed by atoms with Crippen LogP contribution in [0.5, 0.6) is 0 Å². The molecule has 70 valence electrons. The van der Waals surface area contributed by atoms with Gasteiger partial charge < -0.3 is 4.74 Å². The van der Waals surface area contributed by atoms with Crippen molar-refractivity contribution < 1.29 is 9.53 Å². The third-order valence-corrected chi connectivity index (χ3v) is 2.69. The Kier molecular flexibility index (Phi) is 4.32. The standard InChI is InChI=1S/C9H9BrO2S/c1-13-9(11)12-6-7-4-2-3-5-8(7)10/h2-5H,6H2,1H3. The van der Waals surface area contributed by atoms with Crippen molar-refractivity contribution in [3.8, 4) is 0 Å². The van der Waals surface area contributed by atoms with Gasteiger partial charge >= 0.3 is 5.30 Å². The van der Waals surface area contributed by atoms with E-state index in [1.807, 2.05) is 24.3 Å². The maximum Gasteiger partial charge on any atom is 0.367 e. The molecule has 0 bridgehead atoms. The van der Waals surface area contributed by atoms with Crippen molar-refractivity contribution in [3.05, 3.63) is 34.3 Å². The van der Waals surface area contributed by atoms with Crippen LogP contribution in [-0.4, -0.2) is 11.6 Å². The molecule has 0 unspecified atom stereocenters. The molecule has 0 spiro atoms. The summed E-state index contributed by atoms with van der Waals surface area (Å²) in [6.07, 6.45) is 1.70. The maximum absolute atomic E-state index is 10.8. The highest BCUT2D eigenvalue weighted by atomic mass is 79.9. The molecule has 0 N–H and O–H groups in total. The van der Waals surface area contributed by atoms with Gasteiger partial charge in [-0.3, -0.25) is 0 Å². The lowest BCUT2D eigenvalue weighted by Gasteiger charge is -2.04. The summed E-state index contributed by atoms with van der Waals surface area (Å²) in [4.78, 5) is 10.8. The number of halogens is 1. The van der Waals surface area contributed by atoms with Gasteiger partial charge in [-0.25, -0.2) is 4.79 Å². The fraction of sp³-hybridized carbons (Fsp3) is 0.222. The van der Waals surface area contributed by atoms with Crippen LogP contribution in [0.3, 0.4) is 0 Å². The molecule has 2 nitrogen and oxygen atoms in total. The minimum Gasteiger partial charge on any atom is -0.453 e. The number of hydrogen-bond donors (Lipinski definition) is 0. The van der Waals surface area contributed by atoms with E-state index in [0.717, 1.165) is 21.8 Å². The number of benzene rings is 1. The first-order valence-electron chi connectivity index (χ1n) is 3.68. The smallest absolute Gasteiger partial charge is 0.367 e. The molecule has 1 aromatic rings. The Hall–Kier alpha value is -0.480. The molecule has 0 radical (unpaired) electrons. The zero-order valence-corrected chi connectivity index (χ0v) is 9.52. The van der Waals surface area contributed by atoms with E-state index in [9.17, 15) is 4.79 Å². The van der Waals surface area contributed by atoms with E-state index in [1.54, 1.807) is 6.26 Å². The molecule has 13 heavy (non-hydrogen) atoms. The summed E-state index contributed by atoms with van der Waals surface area (Å²) in [5, 5.41) is -0.254. The summed E-state index contributed by atoms with van der Waals surface area (Å²) in [7, 11) is 0. The molecule has 0 aliphatic carbocycles. The minimum atomic E-state index is -0.254. The van der Waals surface area contributed by atoms with Crippen molar-refractivity contribution in [1.29, 1.82) is 0 Å². The third-order valence-electron chi connectivity index (χ3n) is 1.47. The fourth-order valence-electron chi connectivity index (χ4n) is 0.811. The summed E-state index contributed by atoms with van der Waals surface area (Å²) in [5.74, 6) is 0. The Morgan fingerprint density at radius 1 is 1.54 bits per heavy atom. The van der Waals surface area contributed by atoms with Crippen molar-refractivity contribution in [2.45, 2.75) is 6.61 Å². The number of rotatable bonds is 2. The predicted molar refractivity (Wildman–Crippen MR) is 57.8 cm³/mol. The van der Waals surface area contributed by atoms with E-state index < -0.39 is 0 Å². The third kappa shape index (κ3) is 3.40. The van der Waals surface area contributed by atoms with Gasteiger partial charge in [-0.15, -0.1) is 0 Å². The molecule has 0 aliphatic heterocycles. The van der Waals surface area contributed by atoms with Gasteiger partial charge in [0.05, 0.1) is 0 Å². The van der Waals surface area contributed by atoms with Crippen LogP contribution >= 0.6 is 27.7 Å². The summed E-state index contributed by atoms with van der Waals surface area (Å²) in [5.41, 5.74) is 0.977. The topological polar surface area (TPSA) is 26.3 Å². The minimum absolute atomic E-state index is 0.254. The van der Waals surface area contributed by atoms with Crippen LogP contribution in [0.4, 0.5) is 4.79 Å². The highest BCUT2D eigenvalue weighted by Gasteiger charge is 2.02. The van der Waals surface area contributed by atoms with Crippen LogP contribution < -0.4 is 0 Å². The van der Waals surface area contributed by atoms with E-state index >= 15 is 0 Å². The van der Waals surface area contributed by atoms with E-state index in [4.69, 9.17) is 4.74 Å². The van der Waals surface area contributed by atoms with Crippen molar-refractivity contribution in [3.63, 3.8) is 0 Å². The lowest BCUT2D eigenvalue weighted by molar-refractivity contribution is 0.168. The zero-order valence-electron chi connectivity index (χ0n) is 7.12. The van der Waals surface area contributed by atoms with Gasteiger partial charge in [0.25, 0.3) is 0 Å². The molecule has 0 aliphatic rings. The molecule has 0 heterocycles. The summed E-state index contributed by atoms with van der Waals surface area (Å²) < 4.78 is 5.91. The Labute approximate surface area is 89.8 Å². The van der Waals surface area contributed by atoms with Crippen LogP contribution in [0, 0.1) is 0 Å². The van der Waals surface area contributed by atoms with E-state index in [0.29, 0.717) is 6.61 Å². The Balaban J connectivity index is 2.54. The van der Waals surface area contributed by atoms with Gasteiger partial charge in [0.15, 0.2) is 0 Å². The van der Waals surface area contributed by atoms with Crippen molar-refractivity contribution in [1.82, 2.24) is 0 Å². The van der Waals surface area contributed by atoms with Gasteiger partial charge in [0.2, 0.25) is 0 Å². The van der Waals surface area contributed by atoms with Gasteiger partial charge in [-0.1, -0.05) is 34.1 Å². The molecule has 1 aromatic carbocycles. The van der Waals surface area contributed by atoms with Crippen molar-refractivity contribution in [2.75, 3.05) is 6.26 Å². The average molecular weight is 261 g/mol. The molecule has 4 heteroatoms. The van der Waals surface area contributed by atoms with E-state index in [1.165, 1.54) is 0 Å². The van der Waals surface area contributed by atoms with Crippen LogP contribution in [-0.2, 0) is 11.3 Å². The normalized spacial score (nSPS) is 9.69. The number of carbonyl (C=O) groups is 1. The molecule has 0 aromatic heterocycles. The predicted octanol–water partition coefficient (Wildman–Crippen LogP) is 3.45. The first kappa shape index (κ1) is 10.6. The molecular formula is C9H9BrO2S. The quantitative estimate of drug-likeness (QED) is 0.763. The largest absolute Gasteiger partial charge is 0.453 e. The number of hydrogen-bond acceptors (Lipinski definition) is 3. The maximum atomic E-state index is 10.8. The second kappa shape index (κ2) is 5.29. The van der Waals surface area contributed by atoms with Crippen LogP contribution in [0.25, 0.3) is 0 Å². The monoisotopic (exact) mass is 260 g/mol. The molecular weight excluding hydrogens is 252 g/mol. The van der Waals surface area contributed by atoms with Gasteiger partial charge in [0.1, 0.15) is 6.61 Å².